The third-order valence-electron chi connectivity index (χ3n) is 5.57. The van der Waals surface area contributed by atoms with Crippen LogP contribution in [0.1, 0.15) is 30.5 Å². The van der Waals surface area contributed by atoms with Crippen molar-refractivity contribution in [1.82, 2.24) is 4.57 Å². The number of hydrogen-bond acceptors (Lipinski definition) is 4. The Labute approximate surface area is 162 Å². The number of fused-ring (bicyclic) bond motifs is 5. The van der Waals surface area contributed by atoms with E-state index in [4.69, 9.17) is 22.9 Å². The van der Waals surface area contributed by atoms with Gasteiger partial charge in [0.2, 0.25) is 11.8 Å². The summed E-state index contributed by atoms with van der Waals surface area (Å²) < 4.78 is 46.6. The Hall–Kier alpha value is -2.41. The van der Waals surface area contributed by atoms with E-state index in [0.717, 1.165) is 10.6 Å². The summed E-state index contributed by atoms with van der Waals surface area (Å²) in [6.07, 6.45) is -6.00. The van der Waals surface area contributed by atoms with Crippen LogP contribution in [0.25, 0.3) is 10.5 Å². The largest absolute Gasteiger partial charge is 0.494 e. The molecule has 3 N–H and O–H groups in total. The van der Waals surface area contributed by atoms with Crippen LogP contribution in [0.4, 0.5) is 18.9 Å². The van der Waals surface area contributed by atoms with Crippen molar-refractivity contribution in [2.75, 3.05) is 0 Å². The topological polar surface area (TPSA) is 79.2 Å². The van der Waals surface area contributed by atoms with Gasteiger partial charge < -0.3 is 20.1 Å². The SMILES string of the molecule is [C-]#[N+]c1ccc(-n2c(O)c3c(c2O)C2(C)OC3(C)[C@H](O)[C@@H]2Cl)cc1C(F)(F)F. The fourth-order valence-corrected chi connectivity index (χ4v) is 4.64. The number of rotatable bonds is 1. The first-order valence-corrected chi connectivity index (χ1v) is 8.60. The zero-order valence-corrected chi connectivity index (χ0v) is 15.3. The monoisotopic (exact) mass is 414 g/mol. The number of hydrogen-bond donors (Lipinski definition) is 3. The molecule has 2 bridgehead atoms. The molecule has 0 aliphatic carbocycles. The second-order valence-electron chi connectivity index (χ2n) is 7.21. The molecule has 1 saturated heterocycles. The predicted molar refractivity (Wildman–Crippen MR) is 91.8 cm³/mol. The summed E-state index contributed by atoms with van der Waals surface area (Å²) in [7, 11) is 0. The lowest BCUT2D eigenvalue weighted by atomic mass is 9.78. The number of halogens is 4. The van der Waals surface area contributed by atoms with E-state index in [-0.39, 0.29) is 16.8 Å². The number of benzene rings is 1. The van der Waals surface area contributed by atoms with Gasteiger partial charge in [-0.1, -0.05) is 6.07 Å². The van der Waals surface area contributed by atoms with Crippen LogP contribution in [0.5, 0.6) is 11.8 Å². The average molecular weight is 415 g/mol. The first-order valence-electron chi connectivity index (χ1n) is 8.17. The molecule has 0 saturated carbocycles. The van der Waals surface area contributed by atoms with Crippen molar-refractivity contribution in [3.05, 3.63) is 46.3 Å². The molecule has 148 valence electrons. The van der Waals surface area contributed by atoms with Gasteiger partial charge in [-0.3, -0.25) is 4.57 Å². The Balaban J connectivity index is 1.99. The van der Waals surface area contributed by atoms with Crippen LogP contribution in [-0.4, -0.2) is 31.4 Å². The van der Waals surface area contributed by atoms with Gasteiger partial charge in [-0.2, -0.15) is 13.2 Å². The van der Waals surface area contributed by atoms with Gasteiger partial charge in [-0.05, 0) is 26.0 Å². The van der Waals surface area contributed by atoms with Gasteiger partial charge in [-0.25, -0.2) is 4.85 Å². The minimum Gasteiger partial charge on any atom is -0.494 e. The fraction of sp³-hybridized carbons (Fsp3) is 0.389. The number of aliphatic hydroxyl groups excluding tert-OH is 1. The van der Waals surface area contributed by atoms with E-state index in [9.17, 15) is 28.5 Å². The van der Waals surface area contributed by atoms with Crippen molar-refractivity contribution < 1.29 is 33.2 Å². The highest BCUT2D eigenvalue weighted by Crippen LogP contribution is 2.65. The summed E-state index contributed by atoms with van der Waals surface area (Å²) in [5.41, 5.74) is -4.60. The maximum atomic E-state index is 13.3. The van der Waals surface area contributed by atoms with Crippen LogP contribution in [0.15, 0.2) is 18.2 Å². The van der Waals surface area contributed by atoms with E-state index in [2.05, 4.69) is 4.85 Å². The maximum Gasteiger partial charge on any atom is 0.407 e. The lowest BCUT2D eigenvalue weighted by Crippen LogP contribution is -2.41. The van der Waals surface area contributed by atoms with Crippen molar-refractivity contribution in [2.45, 2.75) is 42.7 Å². The summed E-state index contributed by atoms with van der Waals surface area (Å²) in [5.74, 6) is -1.11. The Morgan fingerprint density at radius 1 is 1.18 bits per heavy atom. The van der Waals surface area contributed by atoms with Gasteiger partial charge >= 0.3 is 6.18 Å². The second kappa shape index (κ2) is 5.35. The van der Waals surface area contributed by atoms with E-state index in [1.807, 2.05) is 0 Å². The molecule has 0 spiro atoms. The molecular weight excluding hydrogens is 401 g/mol. The molecule has 0 radical (unpaired) electrons. The fourth-order valence-electron chi connectivity index (χ4n) is 4.25. The lowest BCUT2D eigenvalue weighted by Gasteiger charge is -2.29. The minimum absolute atomic E-state index is 0.0692. The molecule has 4 rings (SSSR count). The lowest BCUT2D eigenvalue weighted by molar-refractivity contribution is -0.136. The van der Waals surface area contributed by atoms with Crippen molar-refractivity contribution >= 4 is 17.3 Å². The van der Waals surface area contributed by atoms with Crippen LogP contribution in [-0.2, 0) is 22.1 Å². The zero-order valence-electron chi connectivity index (χ0n) is 14.5. The number of aromatic nitrogens is 1. The summed E-state index contributed by atoms with van der Waals surface area (Å²) in [6.45, 7) is 9.93. The highest BCUT2D eigenvalue weighted by Gasteiger charge is 2.69. The quantitative estimate of drug-likeness (QED) is 0.488. The maximum absolute atomic E-state index is 13.3. The van der Waals surface area contributed by atoms with Crippen LogP contribution in [0.3, 0.4) is 0 Å². The van der Waals surface area contributed by atoms with Crippen LogP contribution >= 0.6 is 11.6 Å². The molecule has 2 aliphatic rings. The molecule has 3 heterocycles. The molecule has 2 aromatic rings. The van der Waals surface area contributed by atoms with E-state index in [1.165, 1.54) is 19.9 Å². The van der Waals surface area contributed by atoms with Gasteiger partial charge in [0.25, 0.3) is 0 Å². The summed E-state index contributed by atoms with van der Waals surface area (Å²) in [5, 5.41) is 31.0. The normalized spacial score (nSPS) is 31.1. The third kappa shape index (κ3) is 2.05. The average Bonchev–Trinajstić information content (AvgIpc) is 3.10. The van der Waals surface area contributed by atoms with Crippen molar-refractivity contribution in [3.8, 4) is 17.4 Å². The molecule has 2 unspecified atom stereocenters. The van der Waals surface area contributed by atoms with Gasteiger partial charge in [0.15, 0.2) is 5.69 Å². The number of nitrogens with zero attached hydrogens (tertiary/aromatic N) is 2. The first kappa shape index (κ1) is 18.9. The summed E-state index contributed by atoms with van der Waals surface area (Å²) in [6, 6.07) is 2.81. The highest BCUT2D eigenvalue weighted by molar-refractivity contribution is 6.22. The number of alkyl halides is 4. The van der Waals surface area contributed by atoms with Gasteiger partial charge in [-0.15, -0.1) is 11.6 Å². The Morgan fingerprint density at radius 3 is 2.29 bits per heavy atom. The Morgan fingerprint density at radius 2 is 1.75 bits per heavy atom. The third-order valence-corrected chi connectivity index (χ3v) is 6.22. The van der Waals surface area contributed by atoms with Gasteiger partial charge in [0.1, 0.15) is 17.3 Å². The van der Waals surface area contributed by atoms with E-state index in [0.29, 0.717) is 6.07 Å². The second-order valence-corrected chi connectivity index (χ2v) is 7.68. The van der Waals surface area contributed by atoms with Crippen LogP contribution in [0.2, 0.25) is 0 Å². The molecule has 4 atom stereocenters. The molecule has 10 heteroatoms. The minimum atomic E-state index is -4.80. The molecular formula is C18H14ClF3N2O4. The van der Waals surface area contributed by atoms with Crippen LogP contribution < -0.4 is 0 Å². The molecule has 6 nitrogen and oxygen atoms in total. The standard InChI is InChI=1S/C18H14ClF3N2O4/c1-16-10-11(17(2,28-16)13(25)12(16)19)15(27)24(14(10)26)7-4-5-9(23-3)8(6-7)18(20,21)22/h4-6,12-13,25-27H,1-2H3/t12-,13+,16?,17?/m0/s1. The van der Waals surface area contributed by atoms with Crippen molar-refractivity contribution in [3.63, 3.8) is 0 Å². The van der Waals surface area contributed by atoms with Gasteiger partial charge in [0.05, 0.1) is 34.3 Å². The molecule has 1 aromatic heterocycles. The van der Waals surface area contributed by atoms with Crippen molar-refractivity contribution in [1.29, 1.82) is 0 Å². The number of ether oxygens (including phenoxy) is 1. The Kier molecular flexibility index (Phi) is 3.61. The predicted octanol–water partition coefficient (Wildman–Crippen LogP) is 3.90. The number of aliphatic hydroxyl groups is 1. The summed E-state index contributed by atoms with van der Waals surface area (Å²) in [4.78, 5) is 2.87. The smallest absolute Gasteiger partial charge is 0.407 e. The first-order chi connectivity index (χ1) is 12.9. The molecule has 28 heavy (non-hydrogen) atoms. The van der Waals surface area contributed by atoms with E-state index in [1.54, 1.807) is 0 Å². The summed E-state index contributed by atoms with van der Waals surface area (Å²) >= 11 is 6.26. The zero-order chi connectivity index (χ0) is 20.8. The highest BCUT2D eigenvalue weighted by atomic mass is 35.5. The number of aromatic hydroxyl groups is 2. The molecule has 1 aromatic carbocycles. The molecule has 1 fully saturated rings. The van der Waals surface area contributed by atoms with Gasteiger partial charge in [0, 0.05) is 0 Å². The Bertz CT molecular complexity index is 1020. The van der Waals surface area contributed by atoms with E-state index < -0.39 is 51.9 Å². The van der Waals surface area contributed by atoms with Crippen molar-refractivity contribution in [2.24, 2.45) is 0 Å². The van der Waals surface area contributed by atoms with Crippen LogP contribution in [0, 0.1) is 6.57 Å². The molecule has 0 amide bonds. The van der Waals surface area contributed by atoms with E-state index >= 15 is 0 Å². The molecule has 2 aliphatic heterocycles.